The van der Waals surface area contributed by atoms with Crippen molar-refractivity contribution in [2.24, 2.45) is 5.14 Å². The molecule has 2 aromatic carbocycles. The zero-order valence-corrected chi connectivity index (χ0v) is 14.5. The van der Waals surface area contributed by atoms with Crippen LogP contribution in [-0.2, 0) is 10.0 Å². The number of benzene rings is 2. The first kappa shape index (κ1) is 19.6. The molecule has 0 aliphatic rings. The standard InChI is InChI=1S/C7H5Cl2NO3S.C7H5ClO/c8-5-2-1-4(7(9)11)3-6(5)14(10,12)13;8-7(9)6-4-2-1-3-5-6/h1-3H,(H2,10,12,13);1-5H. The van der Waals surface area contributed by atoms with Gasteiger partial charge in [0.2, 0.25) is 10.0 Å². The number of carbonyl (C=O) groups excluding carboxylic acids is 2. The van der Waals surface area contributed by atoms with Crippen LogP contribution in [-0.4, -0.2) is 18.9 Å². The van der Waals surface area contributed by atoms with Crippen molar-refractivity contribution in [2.75, 3.05) is 0 Å². The fourth-order valence-corrected chi connectivity index (χ4v) is 2.73. The van der Waals surface area contributed by atoms with Crippen LogP contribution in [0.2, 0.25) is 5.02 Å². The molecule has 0 atom stereocenters. The molecule has 0 saturated heterocycles. The van der Waals surface area contributed by atoms with Gasteiger partial charge in [-0.2, -0.15) is 0 Å². The van der Waals surface area contributed by atoms with E-state index in [4.69, 9.17) is 39.9 Å². The molecule has 0 aliphatic heterocycles. The van der Waals surface area contributed by atoms with Crippen LogP contribution in [0.1, 0.15) is 20.7 Å². The third kappa shape index (κ3) is 6.29. The van der Waals surface area contributed by atoms with Crippen molar-refractivity contribution in [3.63, 3.8) is 0 Å². The quantitative estimate of drug-likeness (QED) is 0.807. The molecule has 0 aliphatic carbocycles. The molecule has 9 heteroatoms. The molecule has 2 N–H and O–H groups in total. The highest BCUT2D eigenvalue weighted by Crippen LogP contribution is 2.22. The summed E-state index contributed by atoms with van der Waals surface area (Å²) in [6, 6.07) is 12.3. The van der Waals surface area contributed by atoms with E-state index in [1.807, 2.05) is 6.07 Å². The van der Waals surface area contributed by atoms with Crippen molar-refractivity contribution in [3.05, 3.63) is 64.7 Å². The summed E-state index contributed by atoms with van der Waals surface area (Å²) in [6.45, 7) is 0. The fraction of sp³-hybridized carbons (Fsp3) is 0. The summed E-state index contributed by atoms with van der Waals surface area (Å²) in [6.07, 6.45) is 0. The zero-order chi connectivity index (χ0) is 17.6. The maximum Gasteiger partial charge on any atom is 0.252 e. The van der Waals surface area contributed by atoms with E-state index in [0.717, 1.165) is 6.07 Å². The molecule has 0 unspecified atom stereocenters. The topological polar surface area (TPSA) is 94.3 Å². The second-order valence-corrected chi connectivity index (χ2v) is 6.73. The number of hydrogen-bond acceptors (Lipinski definition) is 4. The molecule has 0 aromatic heterocycles. The Hall–Kier alpha value is -1.44. The number of halogens is 3. The Morgan fingerprint density at radius 1 is 0.870 bits per heavy atom. The average molecular weight is 395 g/mol. The lowest BCUT2D eigenvalue weighted by molar-refractivity contribution is 0.107. The highest BCUT2D eigenvalue weighted by Gasteiger charge is 2.15. The maximum absolute atomic E-state index is 11.0. The Morgan fingerprint density at radius 2 is 1.39 bits per heavy atom. The third-order valence-electron chi connectivity index (χ3n) is 2.47. The molecule has 0 radical (unpaired) electrons. The van der Waals surface area contributed by atoms with Gasteiger partial charge in [-0.1, -0.05) is 41.9 Å². The van der Waals surface area contributed by atoms with Crippen LogP contribution >= 0.6 is 34.8 Å². The van der Waals surface area contributed by atoms with E-state index in [0.29, 0.717) is 5.56 Å². The average Bonchev–Trinajstić information content (AvgIpc) is 2.47. The number of rotatable bonds is 3. The number of primary sulfonamides is 1. The molecule has 2 rings (SSSR count). The lowest BCUT2D eigenvalue weighted by atomic mass is 10.2. The van der Waals surface area contributed by atoms with E-state index in [-0.39, 0.29) is 15.5 Å². The number of hydrogen-bond donors (Lipinski definition) is 1. The van der Waals surface area contributed by atoms with Gasteiger partial charge in [-0.3, -0.25) is 9.59 Å². The molecule has 5 nitrogen and oxygen atoms in total. The minimum Gasteiger partial charge on any atom is -0.276 e. The Kier molecular flexibility index (Phi) is 7.18. The monoisotopic (exact) mass is 393 g/mol. The lowest BCUT2D eigenvalue weighted by Gasteiger charge is -2.02. The van der Waals surface area contributed by atoms with Gasteiger partial charge >= 0.3 is 0 Å². The zero-order valence-electron chi connectivity index (χ0n) is 11.4. The first-order valence-corrected chi connectivity index (χ1v) is 8.58. The second-order valence-electron chi connectivity index (χ2n) is 4.10. The molecule has 0 heterocycles. The van der Waals surface area contributed by atoms with Crippen molar-refractivity contribution in [2.45, 2.75) is 4.90 Å². The summed E-state index contributed by atoms with van der Waals surface area (Å²) in [5, 5.41) is 3.63. The molecule has 0 fully saturated rings. The summed E-state index contributed by atoms with van der Waals surface area (Å²) >= 11 is 15.9. The fourth-order valence-electron chi connectivity index (χ4n) is 1.41. The molecule has 2 aromatic rings. The van der Waals surface area contributed by atoms with Crippen LogP contribution in [0.15, 0.2) is 53.4 Å². The molecule has 0 spiro atoms. The van der Waals surface area contributed by atoms with Gasteiger partial charge in [0.1, 0.15) is 4.90 Å². The maximum atomic E-state index is 11.0. The summed E-state index contributed by atoms with van der Waals surface area (Å²) in [4.78, 5) is 20.8. The van der Waals surface area contributed by atoms with E-state index >= 15 is 0 Å². The Bertz CT molecular complexity index is 823. The predicted molar refractivity (Wildman–Crippen MR) is 89.6 cm³/mol. The lowest BCUT2D eigenvalue weighted by Crippen LogP contribution is -2.13. The molecule has 0 amide bonds. The van der Waals surface area contributed by atoms with Crippen molar-refractivity contribution in [1.29, 1.82) is 0 Å². The second kappa shape index (κ2) is 8.42. The van der Waals surface area contributed by atoms with Gasteiger partial charge in [0.15, 0.2) is 0 Å². The van der Waals surface area contributed by atoms with Gasteiger partial charge in [-0.05, 0) is 41.4 Å². The van der Waals surface area contributed by atoms with Gasteiger partial charge in [-0.25, -0.2) is 13.6 Å². The van der Waals surface area contributed by atoms with Crippen LogP contribution in [0.3, 0.4) is 0 Å². The molecule has 0 saturated carbocycles. The Labute approximate surface area is 148 Å². The molecular formula is C14H10Cl3NO4S. The SMILES string of the molecule is NS(=O)(=O)c1cc(C(=O)Cl)ccc1Cl.O=C(Cl)c1ccccc1. The van der Waals surface area contributed by atoms with Crippen molar-refractivity contribution >= 4 is 55.3 Å². The normalized spacial score (nSPS) is 10.4. The number of sulfonamides is 1. The van der Waals surface area contributed by atoms with Crippen LogP contribution in [0, 0.1) is 0 Å². The van der Waals surface area contributed by atoms with Gasteiger partial charge in [0.05, 0.1) is 5.02 Å². The van der Waals surface area contributed by atoms with Gasteiger partial charge in [-0.15, -0.1) is 0 Å². The van der Waals surface area contributed by atoms with E-state index in [1.54, 1.807) is 24.3 Å². The number of carbonyl (C=O) groups is 2. The molecule has 122 valence electrons. The van der Waals surface area contributed by atoms with E-state index < -0.39 is 20.5 Å². The minimum absolute atomic E-state index is 0.0279. The van der Waals surface area contributed by atoms with Gasteiger partial charge in [0.25, 0.3) is 10.5 Å². The largest absolute Gasteiger partial charge is 0.276 e. The first-order chi connectivity index (χ1) is 10.6. The third-order valence-corrected chi connectivity index (χ3v) is 4.29. The van der Waals surface area contributed by atoms with Crippen molar-refractivity contribution in [1.82, 2.24) is 0 Å². The Balaban J connectivity index is 0.000000253. The highest BCUT2D eigenvalue weighted by atomic mass is 35.5. The van der Waals surface area contributed by atoms with Crippen LogP contribution in [0.5, 0.6) is 0 Å². The van der Waals surface area contributed by atoms with Crippen LogP contribution in [0.25, 0.3) is 0 Å². The molecule has 0 bridgehead atoms. The minimum atomic E-state index is -3.93. The summed E-state index contributed by atoms with van der Waals surface area (Å²) in [7, 11) is -3.93. The molecular weight excluding hydrogens is 385 g/mol. The molecule has 23 heavy (non-hydrogen) atoms. The first-order valence-electron chi connectivity index (χ1n) is 5.90. The van der Waals surface area contributed by atoms with E-state index in [9.17, 15) is 18.0 Å². The van der Waals surface area contributed by atoms with Crippen LogP contribution < -0.4 is 5.14 Å². The summed E-state index contributed by atoms with van der Waals surface area (Å²) < 4.78 is 21.9. The Morgan fingerprint density at radius 3 is 1.78 bits per heavy atom. The summed E-state index contributed by atoms with van der Waals surface area (Å²) in [5.41, 5.74) is 0.569. The predicted octanol–water partition coefficient (Wildman–Crippen LogP) is 3.43. The van der Waals surface area contributed by atoms with E-state index in [2.05, 4.69) is 0 Å². The van der Waals surface area contributed by atoms with Crippen molar-refractivity contribution in [3.8, 4) is 0 Å². The van der Waals surface area contributed by atoms with E-state index in [1.165, 1.54) is 12.1 Å². The van der Waals surface area contributed by atoms with Crippen LogP contribution in [0.4, 0.5) is 0 Å². The number of nitrogens with two attached hydrogens (primary N) is 1. The smallest absolute Gasteiger partial charge is 0.252 e. The summed E-state index contributed by atoms with van der Waals surface area (Å²) in [5.74, 6) is 0. The highest BCUT2D eigenvalue weighted by molar-refractivity contribution is 7.89. The van der Waals surface area contributed by atoms with Gasteiger partial charge in [0, 0.05) is 11.1 Å². The van der Waals surface area contributed by atoms with Crippen molar-refractivity contribution < 1.29 is 18.0 Å². The van der Waals surface area contributed by atoms with Gasteiger partial charge < -0.3 is 0 Å².